The van der Waals surface area contributed by atoms with Gasteiger partial charge in [0.05, 0.1) is 24.1 Å². The number of carbonyl (C=O) groups excluding carboxylic acids is 1. The Morgan fingerprint density at radius 2 is 1.45 bits per heavy atom. The molecule has 3 atom stereocenters. The number of nitrogens with zero attached hydrogens (tertiary/aromatic N) is 2. The maximum absolute atomic E-state index is 14.1. The van der Waals surface area contributed by atoms with Gasteiger partial charge < -0.3 is 9.64 Å². The van der Waals surface area contributed by atoms with E-state index in [0.29, 0.717) is 12.5 Å². The van der Waals surface area contributed by atoms with Crippen molar-refractivity contribution in [1.82, 2.24) is 4.90 Å². The first-order valence-corrected chi connectivity index (χ1v) is 11.9. The molecule has 4 heteroatoms. The Kier molecular flexibility index (Phi) is 5.23. The molecule has 166 valence electrons. The smallest absolute Gasteiger partial charge is 0.329 e. The molecule has 2 bridgehead atoms. The third kappa shape index (κ3) is 3.75. The molecule has 3 aromatic rings. The molecule has 33 heavy (non-hydrogen) atoms. The Labute approximate surface area is 195 Å². The zero-order chi connectivity index (χ0) is 22.2. The maximum Gasteiger partial charge on any atom is 0.329 e. The lowest BCUT2D eigenvalue weighted by Crippen LogP contribution is -2.59. The Balaban J connectivity index is 1.25. The summed E-state index contributed by atoms with van der Waals surface area (Å²) in [5.41, 5.74) is 5.22. The highest BCUT2D eigenvalue weighted by molar-refractivity contribution is 6.05. The molecular formula is C29H28N2O2. The van der Waals surface area contributed by atoms with Crippen LogP contribution in [0, 0.1) is 5.92 Å². The van der Waals surface area contributed by atoms with Gasteiger partial charge in [-0.2, -0.15) is 0 Å². The molecule has 1 unspecified atom stereocenters. The number of fused-ring (bicyclic) bond motifs is 5. The van der Waals surface area contributed by atoms with Gasteiger partial charge in [0.15, 0.2) is 0 Å². The quantitative estimate of drug-likeness (QED) is 0.470. The molecule has 7 rings (SSSR count). The number of anilines is 2. The molecule has 4 nitrogen and oxygen atoms in total. The molecule has 2 saturated heterocycles. The van der Waals surface area contributed by atoms with E-state index in [4.69, 9.17) is 4.74 Å². The Hall–Kier alpha value is -3.37. The number of urea groups is 1. The van der Waals surface area contributed by atoms with Gasteiger partial charge in [0.25, 0.3) is 0 Å². The summed E-state index contributed by atoms with van der Waals surface area (Å²) in [5.74, 6) is 0.387. The average Bonchev–Trinajstić information content (AvgIpc) is 3.05. The van der Waals surface area contributed by atoms with E-state index in [1.54, 1.807) is 0 Å². The summed E-state index contributed by atoms with van der Waals surface area (Å²) < 4.78 is 6.35. The zero-order valence-corrected chi connectivity index (χ0v) is 18.6. The first-order valence-electron chi connectivity index (χ1n) is 11.9. The highest BCUT2D eigenvalue weighted by Gasteiger charge is 2.44. The Morgan fingerprint density at radius 1 is 0.818 bits per heavy atom. The normalized spacial score (nSPS) is 23.1. The SMILES string of the molecule is O=C(N1c2ccccc2C=Cc2ccccc21)N1C[C@@H]2CC[C@H]1CC2OCc1ccccc1. The molecule has 0 aromatic heterocycles. The lowest BCUT2D eigenvalue weighted by atomic mass is 9.77. The molecule has 2 amide bonds. The van der Waals surface area contributed by atoms with E-state index in [1.807, 2.05) is 47.4 Å². The van der Waals surface area contributed by atoms with Crippen LogP contribution in [0.4, 0.5) is 16.2 Å². The fourth-order valence-corrected chi connectivity index (χ4v) is 5.59. The van der Waals surface area contributed by atoms with Crippen molar-refractivity contribution >= 4 is 29.6 Å². The predicted molar refractivity (Wildman–Crippen MR) is 132 cm³/mol. The van der Waals surface area contributed by atoms with Crippen molar-refractivity contribution in [3.05, 3.63) is 95.6 Å². The molecule has 3 aliphatic heterocycles. The van der Waals surface area contributed by atoms with Gasteiger partial charge in [-0.05, 0) is 48.1 Å². The van der Waals surface area contributed by atoms with Crippen LogP contribution in [0.25, 0.3) is 12.2 Å². The summed E-state index contributed by atoms with van der Waals surface area (Å²) in [6.07, 6.45) is 7.53. The van der Waals surface area contributed by atoms with Crippen molar-refractivity contribution in [2.75, 3.05) is 11.4 Å². The molecule has 1 aliphatic carbocycles. The summed E-state index contributed by atoms with van der Waals surface area (Å²) >= 11 is 0. The minimum absolute atomic E-state index is 0.0785. The minimum Gasteiger partial charge on any atom is -0.373 e. The average molecular weight is 437 g/mol. The number of amides is 2. The third-order valence-electron chi connectivity index (χ3n) is 7.31. The second-order valence-electron chi connectivity index (χ2n) is 9.28. The van der Waals surface area contributed by atoms with Crippen molar-refractivity contribution in [3.8, 4) is 0 Å². The van der Waals surface area contributed by atoms with Gasteiger partial charge in [0, 0.05) is 18.5 Å². The van der Waals surface area contributed by atoms with Crippen LogP contribution in [0.5, 0.6) is 0 Å². The van der Waals surface area contributed by atoms with Crippen molar-refractivity contribution in [1.29, 1.82) is 0 Å². The molecule has 3 heterocycles. The number of hydrogen-bond donors (Lipinski definition) is 0. The lowest BCUT2D eigenvalue weighted by molar-refractivity contribution is -0.0791. The highest BCUT2D eigenvalue weighted by Crippen LogP contribution is 2.41. The van der Waals surface area contributed by atoms with E-state index < -0.39 is 0 Å². The lowest BCUT2D eigenvalue weighted by Gasteiger charge is -2.50. The molecule has 1 saturated carbocycles. The monoisotopic (exact) mass is 436 g/mol. The predicted octanol–water partition coefficient (Wildman–Crippen LogP) is 6.50. The van der Waals surface area contributed by atoms with Crippen molar-refractivity contribution in [2.24, 2.45) is 5.92 Å². The number of ether oxygens (including phenoxy) is 1. The van der Waals surface area contributed by atoms with Gasteiger partial charge in [0.2, 0.25) is 0 Å². The van der Waals surface area contributed by atoms with Crippen molar-refractivity contribution in [3.63, 3.8) is 0 Å². The highest BCUT2D eigenvalue weighted by atomic mass is 16.5. The van der Waals surface area contributed by atoms with E-state index in [-0.39, 0.29) is 18.2 Å². The van der Waals surface area contributed by atoms with E-state index in [2.05, 4.69) is 53.5 Å². The number of benzene rings is 3. The van der Waals surface area contributed by atoms with Gasteiger partial charge in [0.1, 0.15) is 0 Å². The van der Waals surface area contributed by atoms with Crippen LogP contribution in [-0.4, -0.2) is 29.6 Å². The first-order chi connectivity index (χ1) is 16.3. The third-order valence-corrected chi connectivity index (χ3v) is 7.31. The molecule has 0 radical (unpaired) electrons. The fraction of sp³-hybridized carbons (Fsp3) is 0.276. The van der Waals surface area contributed by atoms with E-state index in [9.17, 15) is 4.79 Å². The number of hydrogen-bond acceptors (Lipinski definition) is 2. The summed E-state index contributed by atoms with van der Waals surface area (Å²) in [6, 6.07) is 27.0. The Bertz CT molecular complexity index is 1140. The van der Waals surface area contributed by atoms with Crippen LogP contribution >= 0.6 is 0 Å². The van der Waals surface area contributed by atoms with E-state index >= 15 is 0 Å². The van der Waals surface area contributed by atoms with Crippen LogP contribution < -0.4 is 4.90 Å². The van der Waals surface area contributed by atoms with Crippen LogP contribution in [-0.2, 0) is 11.3 Å². The van der Waals surface area contributed by atoms with Crippen LogP contribution in [0.3, 0.4) is 0 Å². The fourth-order valence-electron chi connectivity index (χ4n) is 5.59. The summed E-state index contributed by atoms with van der Waals surface area (Å²) in [4.78, 5) is 18.1. The summed E-state index contributed by atoms with van der Waals surface area (Å²) in [6.45, 7) is 1.40. The second kappa shape index (κ2) is 8.53. The van der Waals surface area contributed by atoms with Gasteiger partial charge in [-0.3, -0.25) is 4.90 Å². The number of piperidine rings is 2. The van der Waals surface area contributed by atoms with Gasteiger partial charge in [-0.1, -0.05) is 78.9 Å². The van der Waals surface area contributed by atoms with Gasteiger partial charge in [-0.25, -0.2) is 4.79 Å². The van der Waals surface area contributed by atoms with Crippen LogP contribution in [0.2, 0.25) is 0 Å². The second-order valence-corrected chi connectivity index (χ2v) is 9.28. The maximum atomic E-state index is 14.1. The molecular weight excluding hydrogens is 408 g/mol. The largest absolute Gasteiger partial charge is 0.373 e. The number of carbonyl (C=O) groups is 1. The molecule has 4 aliphatic rings. The van der Waals surface area contributed by atoms with Gasteiger partial charge in [-0.15, -0.1) is 0 Å². The molecule has 0 spiro atoms. The van der Waals surface area contributed by atoms with Crippen LogP contribution in [0.1, 0.15) is 36.0 Å². The van der Waals surface area contributed by atoms with E-state index in [0.717, 1.165) is 48.3 Å². The summed E-state index contributed by atoms with van der Waals surface area (Å²) in [7, 11) is 0. The number of rotatable bonds is 3. The van der Waals surface area contributed by atoms with Gasteiger partial charge >= 0.3 is 6.03 Å². The van der Waals surface area contributed by atoms with Crippen LogP contribution in [0.15, 0.2) is 78.9 Å². The van der Waals surface area contributed by atoms with Crippen molar-refractivity contribution in [2.45, 2.75) is 38.0 Å². The zero-order valence-electron chi connectivity index (χ0n) is 18.6. The van der Waals surface area contributed by atoms with E-state index in [1.165, 1.54) is 5.56 Å². The topological polar surface area (TPSA) is 32.8 Å². The molecule has 3 fully saturated rings. The number of para-hydroxylation sites is 2. The van der Waals surface area contributed by atoms with Crippen molar-refractivity contribution < 1.29 is 9.53 Å². The minimum atomic E-state index is 0.0785. The molecule has 3 aromatic carbocycles. The standard InChI is InChI=1S/C29H28N2O2/c32-29(31-26-12-6-4-10-22(26)14-15-23-11-5-7-13-27(23)31)30-19-24-16-17-25(30)18-28(24)33-20-21-8-2-1-3-9-21/h1-15,24-25,28H,16-20H2/t24-,25-,28?/m0/s1. The summed E-state index contributed by atoms with van der Waals surface area (Å²) in [5, 5.41) is 0. The molecule has 0 N–H and O–H groups in total. The first kappa shape index (κ1) is 20.3. The Morgan fingerprint density at radius 3 is 2.09 bits per heavy atom.